The Morgan fingerprint density at radius 2 is 2.19 bits per heavy atom. The number of fused-ring (bicyclic) bond motifs is 1. The molecule has 2 heterocycles. The molecule has 21 heavy (non-hydrogen) atoms. The smallest absolute Gasteiger partial charge is 0.356 e. The van der Waals surface area contributed by atoms with E-state index in [2.05, 4.69) is 9.97 Å². The second-order valence-corrected chi connectivity index (χ2v) is 5.43. The average molecular weight is 286 g/mol. The van der Waals surface area contributed by atoms with Crippen molar-refractivity contribution in [3.8, 4) is 17.4 Å². The van der Waals surface area contributed by atoms with Crippen molar-refractivity contribution in [1.82, 2.24) is 9.97 Å². The number of aromatic carboxylic acids is 1. The first kappa shape index (κ1) is 13.4. The zero-order valence-corrected chi connectivity index (χ0v) is 11.7. The van der Waals surface area contributed by atoms with Crippen LogP contribution in [0.2, 0.25) is 0 Å². The van der Waals surface area contributed by atoms with E-state index in [1.54, 1.807) is 6.07 Å². The van der Waals surface area contributed by atoms with Gasteiger partial charge < -0.3 is 14.6 Å². The van der Waals surface area contributed by atoms with Crippen LogP contribution in [0.5, 0.6) is 17.4 Å². The zero-order valence-electron chi connectivity index (χ0n) is 11.7. The molecule has 6 heteroatoms. The maximum Gasteiger partial charge on any atom is 0.356 e. The van der Waals surface area contributed by atoms with Crippen LogP contribution in [0.4, 0.5) is 0 Å². The van der Waals surface area contributed by atoms with Crippen LogP contribution in [0.3, 0.4) is 0 Å². The third-order valence-corrected chi connectivity index (χ3v) is 3.10. The van der Waals surface area contributed by atoms with Crippen molar-refractivity contribution in [3.05, 3.63) is 41.9 Å². The fourth-order valence-electron chi connectivity index (χ4n) is 2.28. The molecule has 1 N–H and O–H groups in total. The van der Waals surface area contributed by atoms with Crippen LogP contribution in [0.25, 0.3) is 0 Å². The van der Waals surface area contributed by atoms with Gasteiger partial charge in [-0.05, 0) is 19.9 Å². The van der Waals surface area contributed by atoms with Gasteiger partial charge in [0.2, 0.25) is 5.88 Å². The maximum absolute atomic E-state index is 10.9. The predicted molar refractivity (Wildman–Crippen MR) is 73.9 cm³/mol. The van der Waals surface area contributed by atoms with Crippen molar-refractivity contribution in [2.24, 2.45) is 0 Å². The Kier molecular flexibility index (Phi) is 3.01. The topological polar surface area (TPSA) is 81.5 Å². The third kappa shape index (κ3) is 2.65. The summed E-state index contributed by atoms with van der Waals surface area (Å²) < 4.78 is 11.5. The summed E-state index contributed by atoms with van der Waals surface area (Å²) in [5.74, 6) is 0.153. The first-order chi connectivity index (χ1) is 9.94. The van der Waals surface area contributed by atoms with Gasteiger partial charge in [-0.1, -0.05) is 12.1 Å². The zero-order chi connectivity index (χ0) is 15.0. The van der Waals surface area contributed by atoms with Gasteiger partial charge in [-0.2, -0.15) is 0 Å². The highest BCUT2D eigenvalue weighted by Gasteiger charge is 2.32. The largest absolute Gasteiger partial charge is 0.483 e. The second kappa shape index (κ2) is 4.73. The minimum absolute atomic E-state index is 0.122. The van der Waals surface area contributed by atoms with E-state index >= 15 is 0 Å². The number of carbonyl (C=O) groups is 1. The minimum Gasteiger partial charge on any atom is -0.483 e. The summed E-state index contributed by atoms with van der Waals surface area (Å²) in [5.41, 5.74) is 0.609. The molecule has 1 aliphatic heterocycles. The van der Waals surface area contributed by atoms with Crippen molar-refractivity contribution in [3.63, 3.8) is 0 Å². The lowest BCUT2D eigenvalue weighted by atomic mass is 10.0. The van der Waals surface area contributed by atoms with E-state index in [0.29, 0.717) is 11.5 Å². The molecule has 108 valence electrons. The van der Waals surface area contributed by atoms with Crippen LogP contribution in [0, 0.1) is 0 Å². The molecular formula is C15H14N2O4. The highest BCUT2D eigenvalue weighted by molar-refractivity contribution is 5.84. The Hall–Kier alpha value is -2.63. The van der Waals surface area contributed by atoms with Crippen molar-refractivity contribution in [2.75, 3.05) is 0 Å². The molecule has 0 radical (unpaired) electrons. The second-order valence-electron chi connectivity index (χ2n) is 5.43. The Bertz CT molecular complexity index is 713. The first-order valence-corrected chi connectivity index (χ1v) is 6.49. The predicted octanol–water partition coefficient (Wildman–Crippen LogP) is 2.68. The van der Waals surface area contributed by atoms with E-state index in [9.17, 15) is 4.79 Å². The standard InChI is InChI=1S/C15H14N2O4/c1-15(2)6-9-4-3-5-11(13(9)21-15)20-12-8-16-7-10(17-12)14(18)19/h3-5,7-8H,6H2,1-2H3,(H,18,19). The van der Waals surface area contributed by atoms with Crippen molar-refractivity contribution < 1.29 is 19.4 Å². The number of nitrogens with zero attached hydrogens (tertiary/aromatic N) is 2. The molecule has 0 bridgehead atoms. The highest BCUT2D eigenvalue weighted by atomic mass is 16.5. The molecule has 0 saturated heterocycles. The maximum atomic E-state index is 10.9. The molecule has 2 aromatic rings. The molecule has 0 amide bonds. The van der Waals surface area contributed by atoms with Gasteiger partial charge in [-0.15, -0.1) is 0 Å². The van der Waals surface area contributed by atoms with Crippen LogP contribution < -0.4 is 9.47 Å². The normalized spacial score (nSPS) is 15.1. The van der Waals surface area contributed by atoms with Crippen LogP contribution in [0.15, 0.2) is 30.6 Å². The van der Waals surface area contributed by atoms with E-state index in [1.807, 2.05) is 26.0 Å². The van der Waals surface area contributed by atoms with Gasteiger partial charge in [-0.3, -0.25) is 4.98 Å². The molecule has 3 rings (SSSR count). The lowest BCUT2D eigenvalue weighted by molar-refractivity contribution is 0.0689. The lowest BCUT2D eigenvalue weighted by Gasteiger charge is -2.18. The van der Waals surface area contributed by atoms with Crippen LogP contribution >= 0.6 is 0 Å². The van der Waals surface area contributed by atoms with Crippen LogP contribution in [-0.4, -0.2) is 26.6 Å². The summed E-state index contributed by atoms with van der Waals surface area (Å²) in [6.07, 6.45) is 3.33. The van der Waals surface area contributed by atoms with E-state index in [-0.39, 0.29) is 17.2 Å². The van der Waals surface area contributed by atoms with Crippen molar-refractivity contribution in [1.29, 1.82) is 0 Å². The Morgan fingerprint density at radius 1 is 1.38 bits per heavy atom. The molecule has 1 aromatic carbocycles. The van der Waals surface area contributed by atoms with E-state index in [0.717, 1.165) is 12.0 Å². The molecule has 0 aliphatic carbocycles. The minimum atomic E-state index is -1.15. The van der Waals surface area contributed by atoms with Crippen LogP contribution in [0.1, 0.15) is 29.9 Å². The van der Waals surface area contributed by atoms with Gasteiger partial charge in [0.15, 0.2) is 17.2 Å². The number of aromatic nitrogens is 2. The summed E-state index contributed by atoms with van der Waals surface area (Å²) >= 11 is 0. The number of hydrogen-bond donors (Lipinski definition) is 1. The molecule has 0 spiro atoms. The average Bonchev–Trinajstić information content (AvgIpc) is 2.74. The molecule has 0 atom stereocenters. The Morgan fingerprint density at radius 3 is 2.95 bits per heavy atom. The number of rotatable bonds is 3. The lowest BCUT2D eigenvalue weighted by Crippen LogP contribution is -2.24. The number of carboxylic acids is 1. The van der Waals surface area contributed by atoms with E-state index in [4.69, 9.17) is 14.6 Å². The van der Waals surface area contributed by atoms with Gasteiger partial charge in [0, 0.05) is 12.0 Å². The Balaban J connectivity index is 1.92. The number of benzene rings is 1. The number of carboxylic acid groups (broad SMARTS) is 1. The number of ether oxygens (including phenoxy) is 2. The van der Waals surface area contributed by atoms with Gasteiger partial charge in [0.1, 0.15) is 5.60 Å². The third-order valence-electron chi connectivity index (χ3n) is 3.10. The summed E-state index contributed by atoms with van der Waals surface area (Å²) in [6, 6.07) is 5.61. The fourth-order valence-corrected chi connectivity index (χ4v) is 2.28. The quantitative estimate of drug-likeness (QED) is 0.934. The Labute approximate surface area is 121 Å². The highest BCUT2D eigenvalue weighted by Crippen LogP contribution is 2.42. The van der Waals surface area contributed by atoms with Gasteiger partial charge >= 0.3 is 5.97 Å². The van der Waals surface area contributed by atoms with Crippen molar-refractivity contribution in [2.45, 2.75) is 25.9 Å². The fraction of sp³-hybridized carbons (Fsp3) is 0.267. The van der Waals surface area contributed by atoms with Gasteiger partial charge in [-0.25, -0.2) is 9.78 Å². The van der Waals surface area contributed by atoms with E-state index < -0.39 is 5.97 Å². The molecule has 1 aromatic heterocycles. The van der Waals surface area contributed by atoms with Gasteiger partial charge in [0.05, 0.1) is 12.4 Å². The van der Waals surface area contributed by atoms with E-state index in [1.165, 1.54) is 12.4 Å². The number of hydrogen-bond acceptors (Lipinski definition) is 5. The molecular weight excluding hydrogens is 272 g/mol. The van der Waals surface area contributed by atoms with Crippen LogP contribution in [-0.2, 0) is 6.42 Å². The monoisotopic (exact) mass is 286 g/mol. The summed E-state index contributed by atoms with van der Waals surface area (Å²) in [6.45, 7) is 4.00. The molecule has 0 saturated carbocycles. The summed E-state index contributed by atoms with van der Waals surface area (Å²) in [4.78, 5) is 18.6. The SMILES string of the molecule is CC1(C)Cc2cccc(Oc3cncc(C(=O)O)n3)c2O1. The van der Waals surface area contributed by atoms with Gasteiger partial charge in [0.25, 0.3) is 0 Å². The summed E-state index contributed by atoms with van der Waals surface area (Å²) in [5, 5.41) is 8.92. The molecule has 6 nitrogen and oxygen atoms in total. The molecule has 1 aliphatic rings. The first-order valence-electron chi connectivity index (χ1n) is 6.49. The molecule has 0 fully saturated rings. The molecule has 0 unspecified atom stereocenters. The van der Waals surface area contributed by atoms with Crippen molar-refractivity contribution >= 4 is 5.97 Å². The number of para-hydroxylation sites is 1. The summed E-state index contributed by atoms with van der Waals surface area (Å²) in [7, 11) is 0.